The number of nitrogens with one attached hydrogen (secondary N) is 1. The number of carboxylic acids is 1. The van der Waals surface area contributed by atoms with Gasteiger partial charge < -0.3 is 10.4 Å². The number of nitriles is 1. The van der Waals surface area contributed by atoms with E-state index < -0.39 is 23.8 Å². The molecule has 5 heteroatoms. The molecule has 0 bridgehead atoms. The van der Waals surface area contributed by atoms with Crippen LogP contribution in [0.1, 0.15) is 50.0 Å². The largest absolute Gasteiger partial charge is 0.480 e. The van der Waals surface area contributed by atoms with Crippen LogP contribution in [0.15, 0.2) is 24.3 Å². The van der Waals surface area contributed by atoms with Crippen molar-refractivity contribution in [3.63, 3.8) is 0 Å². The van der Waals surface area contributed by atoms with Gasteiger partial charge in [0.1, 0.15) is 6.04 Å². The Bertz CT molecular complexity index is 579. The molecule has 1 rings (SSSR count). The first-order chi connectivity index (χ1) is 10.2. The number of aliphatic carboxylic acids is 1. The van der Waals surface area contributed by atoms with E-state index in [9.17, 15) is 14.7 Å². The third-order valence-corrected chi connectivity index (χ3v) is 3.55. The first-order valence-corrected chi connectivity index (χ1v) is 7.18. The first-order valence-electron chi connectivity index (χ1n) is 7.18. The molecule has 0 aliphatic carbocycles. The minimum absolute atomic E-state index is 0.0140. The molecule has 2 N–H and O–H groups in total. The van der Waals surface area contributed by atoms with E-state index in [2.05, 4.69) is 26.1 Å². The normalized spacial score (nSPS) is 13.8. The number of hydrogen-bond acceptors (Lipinski definition) is 3. The minimum Gasteiger partial charge on any atom is -0.480 e. The monoisotopic (exact) mass is 302 g/mol. The standard InChI is InChI=1S/C17H22N2O3/c1-11(9-10-18)14(16(21)22)19-15(20)12-5-7-13(8-6-12)17(2,3)4/h5-8,11,14H,9H2,1-4H3,(H,19,20)(H,21,22)/t11-,14+/m0/s1. The molecule has 1 aromatic carbocycles. The van der Waals surface area contributed by atoms with E-state index in [1.54, 1.807) is 19.1 Å². The maximum atomic E-state index is 12.2. The molecule has 118 valence electrons. The van der Waals surface area contributed by atoms with Crippen molar-refractivity contribution in [2.75, 3.05) is 0 Å². The molecular weight excluding hydrogens is 280 g/mol. The molecule has 0 aliphatic rings. The molecule has 0 radical (unpaired) electrons. The number of benzene rings is 1. The Balaban J connectivity index is 2.87. The Morgan fingerprint density at radius 2 is 1.82 bits per heavy atom. The summed E-state index contributed by atoms with van der Waals surface area (Å²) in [5.41, 5.74) is 1.49. The lowest BCUT2D eigenvalue weighted by atomic mass is 9.86. The number of carbonyl (C=O) groups is 2. The molecule has 1 aromatic rings. The van der Waals surface area contributed by atoms with Crippen LogP contribution in [0.3, 0.4) is 0 Å². The second-order valence-electron chi connectivity index (χ2n) is 6.46. The maximum absolute atomic E-state index is 12.2. The van der Waals surface area contributed by atoms with E-state index in [1.807, 2.05) is 18.2 Å². The van der Waals surface area contributed by atoms with E-state index in [0.717, 1.165) is 5.56 Å². The Labute approximate surface area is 131 Å². The van der Waals surface area contributed by atoms with Gasteiger partial charge in [-0.25, -0.2) is 4.79 Å². The zero-order valence-corrected chi connectivity index (χ0v) is 13.4. The average molecular weight is 302 g/mol. The number of amides is 1. The van der Waals surface area contributed by atoms with Gasteiger partial charge >= 0.3 is 5.97 Å². The smallest absolute Gasteiger partial charge is 0.326 e. The van der Waals surface area contributed by atoms with Gasteiger partial charge in [0, 0.05) is 17.9 Å². The molecule has 0 aliphatic heterocycles. The van der Waals surface area contributed by atoms with Gasteiger partial charge in [0.05, 0.1) is 6.07 Å². The lowest BCUT2D eigenvalue weighted by Gasteiger charge is -2.21. The highest BCUT2D eigenvalue weighted by molar-refractivity contribution is 5.96. The molecule has 0 aromatic heterocycles. The molecule has 0 unspecified atom stereocenters. The predicted octanol–water partition coefficient (Wildman–Crippen LogP) is 2.72. The summed E-state index contributed by atoms with van der Waals surface area (Å²) in [6.07, 6.45) is 0.0697. The van der Waals surface area contributed by atoms with Crippen molar-refractivity contribution in [3.8, 4) is 6.07 Å². The Morgan fingerprint density at radius 3 is 2.23 bits per heavy atom. The number of carboxylic acid groups (broad SMARTS) is 1. The van der Waals surface area contributed by atoms with Crippen LogP contribution in [0.5, 0.6) is 0 Å². The number of carbonyl (C=O) groups excluding carboxylic acids is 1. The average Bonchev–Trinajstić information content (AvgIpc) is 2.43. The van der Waals surface area contributed by atoms with E-state index in [0.29, 0.717) is 5.56 Å². The highest BCUT2D eigenvalue weighted by Crippen LogP contribution is 2.22. The molecule has 2 atom stereocenters. The topological polar surface area (TPSA) is 90.2 Å². The quantitative estimate of drug-likeness (QED) is 0.875. The van der Waals surface area contributed by atoms with Gasteiger partial charge in [0.2, 0.25) is 0 Å². The van der Waals surface area contributed by atoms with Crippen LogP contribution in [0, 0.1) is 17.2 Å². The van der Waals surface area contributed by atoms with Crippen LogP contribution in [0.25, 0.3) is 0 Å². The van der Waals surface area contributed by atoms with Crippen molar-refractivity contribution in [3.05, 3.63) is 35.4 Å². The molecule has 0 fully saturated rings. The van der Waals surface area contributed by atoms with Crippen LogP contribution in [-0.2, 0) is 10.2 Å². The van der Waals surface area contributed by atoms with E-state index in [-0.39, 0.29) is 11.8 Å². The number of rotatable bonds is 5. The van der Waals surface area contributed by atoms with Gasteiger partial charge in [-0.1, -0.05) is 39.8 Å². The van der Waals surface area contributed by atoms with Crippen LogP contribution < -0.4 is 5.32 Å². The summed E-state index contributed by atoms with van der Waals surface area (Å²) < 4.78 is 0. The van der Waals surface area contributed by atoms with Crippen LogP contribution >= 0.6 is 0 Å². The summed E-state index contributed by atoms with van der Waals surface area (Å²) in [7, 11) is 0. The maximum Gasteiger partial charge on any atom is 0.326 e. The van der Waals surface area contributed by atoms with E-state index in [1.165, 1.54) is 0 Å². The van der Waals surface area contributed by atoms with Crippen molar-refractivity contribution in [2.24, 2.45) is 5.92 Å². The molecule has 0 saturated carbocycles. The third-order valence-electron chi connectivity index (χ3n) is 3.55. The Hall–Kier alpha value is -2.35. The number of nitrogens with zero attached hydrogens (tertiary/aromatic N) is 1. The lowest BCUT2D eigenvalue weighted by molar-refractivity contribution is -0.140. The minimum atomic E-state index is -1.14. The van der Waals surface area contributed by atoms with Gasteiger partial charge in [-0.3, -0.25) is 4.79 Å². The Morgan fingerprint density at radius 1 is 1.27 bits per heavy atom. The van der Waals surface area contributed by atoms with Gasteiger partial charge in [-0.2, -0.15) is 5.26 Å². The molecule has 0 spiro atoms. The summed E-state index contributed by atoms with van der Waals surface area (Å²) in [5, 5.41) is 20.3. The van der Waals surface area contributed by atoms with Crippen LogP contribution in [-0.4, -0.2) is 23.0 Å². The second kappa shape index (κ2) is 7.08. The first kappa shape index (κ1) is 17.7. The van der Waals surface area contributed by atoms with Crippen LogP contribution in [0.2, 0.25) is 0 Å². The summed E-state index contributed by atoms with van der Waals surface area (Å²) in [6, 6.07) is 7.95. The van der Waals surface area contributed by atoms with Gasteiger partial charge in [0.25, 0.3) is 5.91 Å². The molecule has 0 saturated heterocycles. The molecule has 5 nitrogen and oxygen atoms in total. The van der Waals surface area contributed by atoms with Crippen molar-refractivity contribution < 1.29 is 14.7 Å². The molecule has 1 amide bonds. The summed E-state index contributed by atoms with van der Waals surface area (Å²) in [5.74, 6) is -2.04. The molecule has 22 heavy (non-hydrogen) atoms. The fourth-order valence-corrected chi connectivity index (χ4v) is 2.06. The third kappa shape index (κ3) is 4.59. The molecular formula is C17H22N2O3. The van der Waals surface area contributed by atoms with Crippen LogP contribution in [0.4, 0.5) is 0 Å². The molecule has 0 heterocycles. The summed E-state index contributed by atoms with van der Waals surface area (Å²) >= 11 is 0. The van der Waals surface area contributed by atoms with Crippen molar-refractivity contribution >= 4 is 11.9 Å². The predicted molar refractivity (Wildman–Crippen MR) is 83.4 cm³/mol. The summed E-state index contributed by atoms with van der Waals surface area (Å²) in [6.45, 7) is 7.86. The second-order valence-corrected chi connectivity index (χ2v) is 6.46. The zero-order valence-electron chi connectivity index (χ0n) is 13.4. The number of hydrogen-bond donors (Lipinski definition) is 2. The highest BCUT2D eigenvalue weighted by atomic mass is 16.4. The highest BCUT2D eigenvalue weighted by Gasteiger charge is 2.26. The van der Waals surface area contributed by atoms with Crippen molar-refractivity contribution in [1.82, 2.24) is 5.32 Å². The van der Waals surface area contributed by atoms with Crippen molar-refractivity contribution in [1.29, 1.82) is 5.26 Å². The van der Waals surface area contributed by atoms with E-state index >= 15 is 0 Å². The fraction of sp³-hybridized carbons (Fsp3) is 0.471. The van der Waals surface area contributed by atoms with Crippen molar-refractivity contribution in [2.45, 2.75) is 45.6 Å². The zero-order chi connectivity index (χ0) is 16.9. The lowest BCUT2D eigenvalue weighted by Crippen LogP contribution is -2.45. The van der Waals surface area contributed by atoms with E-state index in [4.69, 9.17) is 5.26 Å². The fourth-order valence-electron chi connectivity index (χ4n) is 2.06. The van der Waals surface area contributed by atoms with Gasteiger partial charge in [-0.05, 0) is 23.1 Å². The van der Waals surface area contributed by atoms with Gasteiger partial charge in [-0.15, -0.1) is 0 Å². The Kier molecular flexibility index (Phi) is 5.69. The SMILES string of the molecule is C[C@@H](CC#N)[C@@H](NC(=O)c1ccc(C(C)(C)C)cc1)C(=O)O. The summed E-state index contributed by atoms with van der Waals surface area (Å²) in [4.78, 5) is 23.4. The van der Waals surface area contributed by atoms with Gasteiger partial charge in [0.15, 0.2) is 0 Å².